The fourth-order valence-electron chi connectivity index (χ4n) is 3.08. The van der Waals surface area contributed by atoms with Gasteiger partial charge in [0.05, 0.1) is 20.8 Å². The summed E-state index contributed by atoms with van der Waals surface area (Å²) in [4.78, 5) is 4.67. The average molecular weight is 276 g/mol. The summed E-state index contributed by atoms with van der Waals surface area (Å²) in [7, 11) is 1.80. The third-order valence-corrected chi connectivity index (χ3v) is 5.32. The van der Waals surface area contributed by atoms with Crippen molar-refractivity contribution in [3.05, 3.63) is 29.3 Å². The minimum Gasteiger partial charge on any atom is -0.377 e. The normalized spacial score (nSPS) is 19.9. The van der Waals surface area contributed by atoms with Crippen molar-refractivity contribution >= 4 is 21.6 Å². The van der Waals surface area contributed by atoms with Crippen LogP contribution in [-0.2, 0) is 11.2 Å². The van der Waals surface area contributed by atoms with Crippen LogP contribution in [0.1, 0.15) is 30.7 Å². The van der Waals surface area contributed by atoms with Crippen LogP contribution in [0.4, 0.5) is 0 Å². The fourth-order valence-corrected chi connectivity index (χ4v) is 4.11. The Hall–Kier alpha value is -0.970. The maximum Gasteiger partial charge on any atom is 0.0955 e. The summed E-state index contributed by atoms with van der Waals surface area (Å²) in [6.07, 6.45) is 5.42. The number of rotatable bonds is 4. The molecule has 0 saturated heterocycles. The summed E-state index contributed by atoms with van der Waals surface area (Å²) in [5.74, 6) is 0. The average Bonchev–Trinajstić information content (AvgIpc) is 3.05. The van der Waals surface area contributed by atoms with Crippen molar-refractivity contribution < 1.29 is 4.74 Å². The highest BCUT2D eigenvalue weighted by atomic mass is 32.1. The van der Waals surface area contributed by atoms with Gasteiger partial charge < -0.3 is 10.5 Å². The second kappa shape index (κ2) is 5.19. The van der Waals surface area contributed by atoms with Crippen LogP contribution in [0.15, 0.2) is 24.3 Å². The van der Waals surface area contributed by atoms with Crippen LogP contribution in [0.3, 0.4) is 0 Å². The zero-order valence-corrected chi connectivity index (χ0v) is 12.1. The Labute approximate surface area is 117 Å². The lowest BCUT2D eigenvalue weighted by Crippen LogP contribution is -2.48. The molecule has 3 rings (SSSR count). The largest absolute Gasteiger partial charge is 0.377 e. The van der Waals surface area contributed by atoms with Gasteiger partial charge in [-0.3, -0.25) is 0 Å². The van der Waals surface area contributed by atoms with Gasteiger partial charge in [0.15, 0.2) is 0 Å². The number of ether oxygens (including phenoxy) is 1. The first-order valence-electron chi connectivity index (χ1n) is 6.89. The lowest BCUT2D eigenvalue weighted by Gasteiger charge is -2.33. The zero-order chi connectivity index (χ0) is 13.3. The molecule has 4 heteroatoms. The van der Waals surface area contributed by atoms with E-state index < -0.39 is 0 Å². The topological polar surface area (TPSA) is 48.1 Å². The first-order chi connectivity index (χ1) is 9.23. The Balaban J connectivity index is 1.80. The van der Waals surface area contributed by atoms with Gasteiger partial charge in [-0.2, -0.15) is 0 Å². The highest BCUT2D eigenvalue weighted by molar-refractivity contribution is 7.18. The van der Waals surface area contributed by atoms with Crippen molar-refractivity contribution in [1.29, 1.82) is 0 Å². The molecule has 2 N–H and O–H groups in total. The number of hydrogen-bond acceptors (Lipinski definition) is 4. The molecular weight excluding hydrogens is 256 g/mol. The minimum absolute atomic E-state index is 0.0422. The third-order valence-electron chi connectivity index (χ3n) is 4.26. The number of para-hydroxylation sites is 1. The Kier molecular flexibility index (Phi) is 3.56. The molecule has 0 aliphatic heterocycles. The summed E-state index contributed by atoms with van der Waals surface area (Å²) < 4.78 is 7.00. The van der Waals surface area contributed by atoms with Gasteiger partial charge >= 0.3 is 0 Å². The van der Waals surface area contributed by atoms with Crippen molar-refractivity contribution in [1.82, 2.24) is 4.98 Å². The molecule has 1 aromatic carbocycles. The SMILES string of the molecule is COC1(C(N)Cc2nc3ccccc3s2)CCCC1. The van der Waals surface area contributed by atoms with Gasteiger partial charge in [-0.25, -0.2) is 4.98 Å². The van der Waals surface area contributed by atoms with Gasteiger partial charge in [0, 0.05) is 19.6 Å². The summed E-state index contributed by atoms with van der Waals surface area (Å²) in [6, 6.07) is 8.30. The fraction of sp³-hybridized carbons (Fsp3) is 0.533. The van der Waals surface area contributed by atoms with E-state index in [1.807, 2.05) is 6.07 Å². The molecule has 0 radical (unpaired) electrons. The Morgan fingerprint density at radius 1 is 1.37 bits per heavy atom. The molecule has 3 nitrogen and oxygen atoms in total. The molecule has 1 aliphatic rings. The van der Waals surface area contributed by atoms with Gasteiger partial charge in [0.2, 0.25) is 0 Å². The molecule has 1 saturated carbocycles. The van der Waals surface area contributed by atoms with E-state index in [0.717, 1.165) is 29.8 Å². The Bertz CT molecular complexity index is 527. The van der Waals surface area contributed by atoms with Crippen molar-refractivity contribution in [3.63, 3.8) is 0 Å². The molecular formula is C15H20N2OS. The number of hydrogen-bond donors (Lipinski definition) is 1. The predicted octanol–water partition coefficient (Wildman–Crippen LogP) is 3.13. The van der Waals surface area contributed by atoms with E-state index in [-0.39, 0.29) is 11.6 Å². The molecule has 102 valence electrons. The summed E-state index contributed by atoms with van der Waals surface area (Å²) >= 11 is 1.75. The summed E-state index contributed by atoms with van der Waals surface area (Å²) in [6.45, 7) is 0. The van der Waals surface area contributed by atoms with E-state index in [4.69, 9.17) is 10.5 Å². The standard InChI is InChI=1S/C15H20N2OS/c1-18-15(8-4-5-9-15)13(16)10-14-17-11-6-2-3-7-12(11)19-14/h2-3,6-7,13H,4-5,8-10,16H2,1H3. The number of aromatic nitrogens is 1. The van der Waals surface area contributed by atoms with Crippen molar-refractivity contribution in [2.75, 3.05) is 7.11 Å². The summed E-state index contributed by atoms with van der Waals surface area (Å²) in [5.41, 5.74) is 7.37. The van der Waals surface area contributed by atoms with E-state index in [1.165, 1.54) is 17.5 Å². The maximum atomic E-state index is 6.42. The van der Waals surface area contributed by atoms with Crippen LogP contribution in [0.25, 0.3) is 10.2 Å². The van der Waals surface area contributed by atoms with Crippen molar-refractivity contribution in [2.24, 2.45) is 5.73 Å². The van der Waals surface area contributed by atoms with E-state index in [2.05, 4.69) is 23.2 Å². The molecule has 19 heavy (non-hydrogen) atoms. The number of fused-ring (bicyclic) bond motifs is 1. The second-order valence-corrected chi connectivity index (χ2v) is 6.48. The Morgan fingerprint density at radius 3 is 2.79 bits per heavy atom. The van der Waals surface area contributed by atoms with Gasteiger partial charge in [0.1, 0.15) is 0 Å². The number of thiazole rings is 1. The molecule has 1 fully saturated rings. The van der Waals surface area contributed by atoms with Crippen molar-refractivity contribution in [2.45, 2.75) is 43.7 Å². The lowest BCUT2D eigenvalue weighted by atomic mass is 9.90. The third kappa shape index (κ3) is 2.40. The first kappa shape index (κ1) is 13.0. The van der Waals surface area contributed by atoms with Gasteiger partial charge in [-0.15, -0.1) is 11.3 Å². The molecule has 1 heterocycles. The smallest absolute Gasteiger partial charge is 0.0955 e. The van der Waals surface area contributed by atoms with Gasteiger partial charge in [-0.05, 0) is 25.0 Å². The Morgan fingerprint density at radius 2 is 2.11 bits per heavy atom. The first-order valence-corrected chi connectivity index (χ1v) is 7.70. The zero-order valence-electron chi connectivity index (χ0n) is 11.3. The van der Waals surface area contributed by atoms with E-state index in [1.54, 1.807) is 18.4 Å². The summed E-state index contributed by atoms with van der Waals surface area (Å²) in [5, 5.41) is 1.12. The van der Waals surface area contributed by atoms with Crippen molar-refractivity contribution in [3.8, 4) is 0 Å². The highest BCUT2D eigenvalue weighted by Gasteiger charge is 2.39. The van der Waals surface area contributed by atoms with Crippen LogP contribution in [-0.4, -0.2) is 23.7 Å². The molecule has 0 spiro atoms. The second-order valence-electron chi connectivity index (χ2n) is 5.36. The number of methoxy groups -OCH3 is 1. The molecule has 1 aliphatic carbocycles. The van der Waals surface area contributed by atoms with Crippen LogP contribution >= 0.6 is 11.3 Å². The monoisotopic (exact) mass is 276 g/mol. The molecule has 1 aromatic heterocycles. The lowest BCUT2D eigenvalue weighted by molar-refractivity contribution is -0.0253. The maximum absolute atomic E-state index is 6.42. The van der Waals surface area contributed by atoms with E-state index >= 15 is 0 Å². The van der Waals surface area contributed by atoms with Crippen LogP contribution in [0.5, 0.6) is 0 Å². The van der Waals surface area contributed by atoms with Crippen LogP contribution in [0, 0.1) is 0 Å². The molecule has 1 atom stereocenters. The van der Waals surface area contributed by atoms with Gasteiger partial charge in [-0.1, -0.05) is 25.0 Å². The minimum atomic E-state index is -0.127. The van der Waals surface area contributed by atoms with E-state index in [0.29, 0.717) is 0 Å². The molecule has 0 bridgehead atoms. The quantitative estimate of drug-likeness (QED) is 0.933. The number of nitrogens with two attached hydrogens (primary N) is 1. The molecule has 2 aromatic rings. The van der Waals surface area contributed by atoms with Gasteiger partial charge in [0.25, 0.3) is 0 Å². The van der Waals surface area contributed by atoms with E-state index in [9.17, 15) is 0 Å². The molecule has 0 amide bonds. The molecule has 1 unspecified atom stereocenters. The number of benzene rings is 1. The van der Waals surface area contributed by atoms with Crippen LogP contribution < -0.4 is 5.73 Å². The van der Waals surface area contributed by atoms with Crippen LogP contribution in [0.2, 0.25) is 0 Å². The predicted molar refractivity (Wildman–Crippen MR) is 79.5 cm³/mol. The highest BCUT2D eigenvalue weighted by Crippen LogP contribution is 2.36. The number of nitrogens with zero attached hydrogens (tertiary/aromatic N) is 1.